The molecule has 0 aliphatic carbocycles. The number of pyridine rings is 1. The molecule has 3 rings (SSSR count). The van der Waals surface area contributed by atoms with Gasteiger partial charge in [0.15, 0.2) is 0 Å². The van der Waals surface area contributed by atoms with Gasteiger partial charge in [0.2, 0.25) is 11.8 Å². The molecule has 10 nitrogen and oxygen atoms in total. The molecule has 30 heavy (non-hydrogen) atoms. The number of piperidine rings is 1. The van der Waals surface area contributed by atoms with Gasteiger partial charge >= 0.3 is 6.03 Å². The second-order valence-corrected chi connectivity index (χ2v) is 7.80. The maximum atomic E-state index is 13.1. The average Bonchev–Trinajstić information content (AvgIpc) is 2.74. The molecule has 2 fully saturated rings. The van der Waals surface area contributed by atoms with Crippen LogP contribution in [0.15, 0.2) is 24.5 Å². The Morgan fingerprint density at radius 2 is 2.07 bits per heavy atom. The van der Waals surface area contributed by atoms with Crippen LogP contribution in [0.4, 0.5) is 4.79 Å². The van der Waals surface area contributed by atoms with E-state index < -0.39 is 18.0 Å². The van der Waals surface area contributed by atoms with Crippen molar-refractivity contribution in [3.05, 3.63) is 30.1 Å². The highest BCUT2D eigenvalue weighted by Crippen LogP contribution is 2.15. The number of aromatic nitrogens is 1. The molecule has 1 aromatic rings. The molecule has 5 amide bonds. The Morgan fingerprint density at radius 1 is 1.27 bits per heavy atom. The van der Waals surface area contributed by atoms with Gasteiger partial charge in [0.1, 0.15) is 12.1 Å². The first-order valence-electron chi connectivity index (χ1n) is 10.2. The van der Waals surface area contributed by atoms with Crippen LogP contribution in [0.5, 0.6) is 0 Å². The Balaban J connectivity index is 1.76. The highest BCUT2D eigenvalue weighted by molar-refractivity contribution is 5.96. The van der Waals surface area contributed by atoms with Gasteiger partial charge in [0, 0.05) is 38.1 Å². The molecular weight excluding hydrogens is 388 g/mol. The fraction of sp³-hybridized carbons (Fsp3) is 0.550. The predicted octanol–water partition coefficient (Wildman–Crippen LogP) is -0.279. The number of hydrogen-bond acceptors (Lipinski definition) is 5. The molecule has 0 unspecified atom stereocenters. The number of rotatable bonds is 4. The number of amides is 5. The van der Waals surface area contributed by atoms with E-state index in [4.69, 9.17) is 0 Å². The fourth-order valence-electron chi connectivity index (χ4n) is 3.61. The lowest BCUT2D eigenvalue weighted by atomic mass is 10.0. The minimum absolute atomic E-state index is 0.0411. The molecule has 1 aromatic heterocycles. The van der Waals surface area contributed by atoms with Gasteiger partial charge in [0.05, 0.1) is 12.1 Å². The Kier molecular flexibility index (Phi) is 6.86. The summed E-state index contributed by atoms with van der Waals surface area (Å²) in [5, 5.41) is 8.28. The van der Waals surface area contributed by atoms with E-state index in [1.165, 1.54) is 11.1 Å². The van der Waals surface area contributed by atoms with Gasteiger partial charge < -0.3 is 25.8 Å². The predicted molar refractivity (Wildman–Crippen MR) is 108 cm³/mol. The molecule has 3 heterocycles. The number of nitrogens with zero attached hydrogens (tertiary/aromatic N) is 3. The molecule has 0 aromatic carbocycles. The molecule has 2 aliphatic heterocycles. The van der Waals surface area contributed by atoms with Crippen molar-refractivity contribution in [3.8, 4) is 0 Å². The topological polar surface area (TPSA) is 124 Å². The molecular formula is C20H28N6O4. The van der Waals surface area contributed by atoms with E-state index >= 15 is 0 Å². The largest absolute Gasteiger partial charge is 0.354 e. The third kappa shape index (κ3) is 5.05. The third-order valence-electron chi connectivity index (χ3n) is 5.15. The zero-order chi connectivity index (χ0) is 21.7. The molecule has 0 radical (unpaired) electrons. The van der Waals surface area contributed by atoms with Gasteiger partial charge in [-0.25, -0.2) is 4.79 Å². The van der Waals surface area contributed by atoms with Crippen LogP contribution in [0.25, 0.3) is 0 Å². The van der Waals surface area contributed by atoms with Gasteiger partial charge in [-0.15, -0.1) is 0 Å². The molecule has 0 spiro atoms. The lowest BCUT2D eigenvalue weighted by Gasteiger charge is -2.41. The molecule has 162 valence electrons. The lowest BCUT2D eigenvalue weighted by molar-refractivity contribution is -0.133. The molecule has 2 aliphatic rings. The Labute approximate surface area is 175 Å². The SMILES string of the molecule is CC(C)NC(=O)N1CCN(C(=O)c2cccnc2)C[C@H]1C(=O)N[C@H]1CCCNC1=O. The maximum absolute atomic E-state index is 13.1. The average molecular weight is 416 g/mol. The zero-order valence-corrected chi connectivity index (χ0v) is 17.3. The van der Waals surface area contributed by atoms with Crippen molar-refractivity contribution in [3.63, 3.8) is 0 Å². The second-order valence-electron chi connectivity index (χ2n) is 7.80. The molecule has 0 bridgehead atoms. The van der Waals surface area contributed by atoms with Crippen molar-refractivity contribution in [1.29, 1.82) is 0 Å². The summed E-state index contributed by atoms with van der Waals surface area (Å²) in [5.74, 6) is -0.924. The van der Waals surface area contributed by atoms with Crippen LogP contribution in [0.2, 0.25) is 0 Å². The highest BCUT2D eigenvalue weighted by atomic mass is 16.2. The Hall–Kier alpha value is -3.17. The zero-order valence-electron chi connectivity index (χ0n) is 17.3. The van der Waals surface area contributed by atoms with Gasteiger partial charge in [-0.3, -0.25) is 19.4 Å². The van der Waals surface area contributed by atoms with Crippen molar-refractivity contribution in [1.82, 2.24) is 30.7 Å². The molecule has 2 atom stereocenters. The summed E-state index contributed by atoms with van der Waals surface area (Å²) in [6, 6.07) is 1.34. The van der Waals surface area contributed by atoms with Crippen molar-refractivity contribution in [2.75, 3.05) is 26.2 Å². The van der Waals surface area contributed by atoms with Crippen LogP contribution in [-0.4, -0.2) is 82.8 Å². The summed E-state index contributed by atoms with van der Waals surface area (Å²) < 4.78 is 0. The lowest BCUT2D eigenvalue weighted by Crippen LogP contribution is -2.65. The molecule has 3 N–H and O–H groups in total. The van der Waals surface area contributed by atoms with E-state index in [1.54, 1.807) is 23.2 Å². The first-order chi connectivity index (χ1) is 14.4. The normalized spacial score (nSPS) is 21.8. The van der Waals surface area contributed by atoms with Crippen molar-refractivity contribution in [2.45, 2.75) is 44.8 Å². The van der Waals surface area contributed by atoms with Crippen LogP contribution < -0.4 is 16.0 Å². The number of carbonyl (C=O) groups excluding carboxylic acids is 4. The maximum Gasteiger partial charge on any atom is 0.318 e. The molecule has 0 saturated carbocycles. The van der Waals surface area contributed by atoms with Crippen LogP contribution >= 0.6 is 0 Å². The number of hydrogen-bond donors (Lipinski definition) is 3. The summed E-state index contributed by atoms with van der Waals surface area (Å²) >= 11 is 0. The number of nitrogens with one attached hydrogen (secondary N) is 3. The van der Waals surface area contributed by atoms with E-state index in [2.05, 4.69) is 20.9 Å². The van der Waals surface area contributed by atoms with Crippen LogP contribution in [0.3, 0.4) is 0 Å². The van der Waals surface area contributed by atoms with Crippen LogP contribution in [-0.2, 0) is 9.59 Å². The number of piperazine rings is 1. The van der Waals surface area contributed by atoms with Crippen LogP contribution in [0, 0.1) is 0 Å². The first kappa shape index (κ1) is 21.5. The van der Waals surface area contributed by atoms with E-state index in [-0.39, 0.29) is 37.0 Å². The summed E-state index contributed by atoms with van der Waals surface area (Å²) in [6.45, 7) is 4.81. The summed E-state index contributed by atoms with van der Waals surface area (Å²) in [7, 11) is 0. The minimum Gasteiger partial charge on any atom is -0.354 e. The summed E-state index contributed by atoms with van der Waals surface area (Å²) in [4.78, 5) is 57.5. The first-order valence-corrected chi connectivity index (χ1v) is 10.2. The Bertz CT molecular complexity index is 800. The minimum atomic E-state index is -0.896. The van der Waals surface area contributed by atoms with Crippen molar-refractivity contribution in [2.24, 2.45) is 0 Å². The van der Waals surface area contributed by atoms with Gasteiger partial charge in [-0.2, -0.15) is 0 Å². The van der Waals surface area contributed by atoms with E-state index in [0.717, 1.165) is 6.42 Å². The summed E-state index contributed by atoms with van der Waals surface area (Å²) in [6.07, 6.45) is 4.36. The molecule has 2 saturated heterocycles. The smallest absolute Gasteiger partial charge is 0.318 e. The van der Waals surface area contributed by atoms with Crippen molar-refractivity contribution >= 4 is 23.8 Å². The Morgan fingerprint density at radius 3 is 2.73 bits per heavy atom. The third-order valence-corrected chi connectivity index (χ3v) is 5.15. The van der Waals surface area contributed by atoms with E-state index in [9.17, 15) is 19.2 Å². The van der Waals surface area contributed by atoms with E-state index in [1.807, 2.05) is 13.8 Å². The highest BCUT2D eigenvalue weighted by Gasteiger charge is 2.39. The number of urea groups is 1. The van der Waals surface area contributed by atoms with Crippen molar-refractivity contribution < 1.29 is 19.2 Å². The van der Waals surface area contributed by atoms with Gasteiger partial charge in [0.25, 0.3) is 5.91 Å². The second kappa shape index (κ2) is 9.55. The number of carbonyl (C=O) groups is 4. The summed E-state index contributed by atoms with van der Waals surface area (Å²) in [5.41, 5.74) is 0.420. The quantitative estimate of drug-likeness (QED) is 0.623. The van der Waals surface area contributed by atoms with E-state index in [0.29, 0.717) is 25.1 Å². The standard InChI is InChI=1S/C20H28N6O4/c1-13(2)23-20(30)26-10-9-25(19(29)14-5-3-7-21-11-14)12-16(26)18(28)24-15-6-4-8-22-17(15)27/h3,5,7,11,13,15-16H,4,6,8-10,12H2,1-2H3,(H,22,27)(H,23,30)(H,24,28)/t15-,16-/m0/s1. The monoisotopic (exact) mass is 416 g/mol. The van der Waals surface area contributed by atoms with Gasteiger partial charge in [-0.05, 0) is 38.8 Å². The fourth-order valence-corrected chi connectivity index (χ4v) is 3.61. The molecule has 10 heteroatoms. The van der Waals surface area contributed by atoms with Crippen LogP contribution in [0.1, 0.15) is 37.0 Å². The van der Waals surface area contributed by atoms with Gasteiger partial charge in [-0.1, -0.05) is 0 Å².